The molecule has 1 N–H and O–H groups in total. The van der Waals surface area contributed by atoms with E-state index in [9.17, 15) is 18.0 Å². The number of aliphatic hydroxyl groups is 1. The molecule has 0 heterocycles. The lowest BCUT2D eigenvalue weighted by Crippen LogP contribution is -2.22. The minimum absolute atomic E-state index is 0.135. The van der Waals surface area contributed by atoms with Gasteiger partial charge in [0.1, 0.15) is 5.75 Å². The van der Waals surface area contributed by atoms with Crippen LogP contribution in [0.1, 0.15) is 22.3 Å². The monoisotopic (exact) mass is 272 g/mol. The highest BCUT2D eigenvalue weighted by atomic mass is 19.4. The number of fused-ring (bicyclic) bond motifs is 1. The van der Waals surface area contributed by atoms with Crippen molar-refractivity contribution in [1.82, 2.24) is 0 Å². The standard InChI is InChI=1S/C13H11F3O3/c1-19-8-3-5-9-7(6-8)2-4-10(11(9)17)12(18)13(14,15)16/h3,5-6,18H,2,4H2,1H3. The second-order valence-electron chi connectivity index (χ2n) is 4.18. The molecule has 19 heavy (non-hydrogen) atoms. The summed E-state index contributed by atoms with van der Waals surface area (Å²) >= 11 is 0. The van der Waals surface area contributed by atoms with E-state index in [4.69, 9.17) is 9.84 Å². The molecule has 0 spiro atoms. The first-order valence-corrected chi connectivity index (χ1v) is 5.55. The Labute approximate surface area is 107 Å². The number of aliphatic hydroxyl groups excluding tert-OH is 1. The van der Waals surface area contributed by atoms with Gasteiger partial charge in [0.2, 0.25) is 5.76 Å². The number of Topliss-reactive ketones (excluding diaryl/α,β-unsaturated/α-hetero) is 1. The molecule has 102 valence electrons. The molecule has 0 unspecified atom stereocenters. The first-order chi connectivity index (χ1) is 8.84. The fourth-order valence-electron chi connectivity index (χ4n) is 2.06. The van der Waals surface area contributed by atoms with Crippen molar-refractivity contribution in [3.8, 4) is 5.75 Å². The van der Waals surface area contributed by atoms with Crippen molar-refractivity contribution >= 4 is 5.78 Å². The van der Waals surface area contributed by atoms with Gasteiger partial charge in [-0.3, -0.25) is 4.79 Å². The normalized spacial score (nSPS) is 18.0. The van der Waals surface area contributed by atoms with Gasteiger partial charge in [0.25, 0.3) is 0 Å². The summed E-state index contributed by atoms with van der Waals surface area (Å²) in [4.78, 5) is 11.9. The van der Waals surface area contributed by atoms with Crippen LogP contribution in [-0.4, -0.2) is 24.2 Å². The second kappa shape index (κ2) is 4.60. The highest BCUT2D eigenvalue weighted by Crippen LogP contribution is 2.34. The zero-order chi connectivity index (χ0) is 14.2. The smallest absolute Gasteiger partial charge is 0.449 e. The number of benzene rings is 1. The summed E-state index contributed by atoms with van der Waals surface area (Å²) in [6, 6.07) is 4.54. The van der Waals surface area contributed by atoms with Gasteiger partial charge in [0, 0.05) is 11.1 Å². The second-order valence-corrected chi connectivity index (χ2v) is 4.18. The zero-order valence-electron chi connectivity index (χ0n) is 10.0. The van der Waals surface area contributed by atoms with Gasteiger partial charge in [-0.2, -0.15) is 13.2 Å². The maximum absolute atomic E-state index is 12.4. The highest BCUT2D eigenvalue weighted by Gasteiger charge is 2.39. The summed E-state index contributed by atoms with van der Waals surface area (Å²) in [5.41, 5.74) is 0.228. The molecule has 0 saturated carbocycles. The lowest BCUT2D eigenvalue weighted by atomic mass is 9.86. The molecule has 1 aromatic rings. The predicted octanol–water partition coefficient (Wildman–Crippen LogP) is 3.20. The molecule has 1 aromatic carbocycles. The zero-order valence-corrected chi connectivity index (χ0v) is 10.0. The maximum Gasteiger partial charge on any atom is 0.449 e. The van der Waals surface area contributed by atoms with Gasteiger partial charge >= 0.3 is 6.18 Å². The van der Waals surface area contributed by atoms with Gasteiger partial charge in [-0.1, -0.05) is 0 Å². The van der Waals surface area contributed by atoms with E-state index >= 15 is 0 Å². The van der Waals surface area contributed by atoms with Crippen LogP contribution in [0.4, 0.5) is 13.2 Å². The van der Waals surface area contributed by atoms with E-state index in [1.807, 2.05) is 0 Å². The quantitative estimate of drug-likeness (QED) is 0.630. The van der Waals surface area contributed by atoms with Crippen LogP contribution < -0.4 is 4.74 Å². The summed E-state index contributed by atoms with van der Waals surface area (Å²) < 4.78 is 42.3. The Morgan fingerprint density at radius 1 is 1.32 bits per heavy atom. The molecule has 0 saturated heterocycles. The average Bonchev–Trinajstić information content (AvgIpc) is 2.37. The van der Waals surface area contributed by atoms with E-state index in [0.717, 1.165) is 0 Å². The average molecular weight is 272 g/mol. The van der Waals surface area contributed by atoms with Gasteiger partial charge < -0.3 is 9.84 Å². The SMILES string of the molecule is COc1ccc2c(c1)CCC(=C(O)C(F)(F)F)C2=O. The van der Waals surface area contributed by atoms with E-state index in [2.05, 4.69) is 0 Å². The first-order valence-electron chi connectivity index (χ1n) is 5.55. The van der Waals surface area contributed by atoms with Gasteiger partial charge in [0.15, 0.2) is 5.78 Å². The fraction of sp³-hybridized carbons (Fsp3) is 0.308. The van der Waals surface area contributed by atoms with E-state index < -0.39 is 23.3 Å². The fourth-order valence-corrected chi connectivity index (χ4v) is 2.06. The lowest BCUT2D eigenvalue weighted by Gasteiger charge is -2.20. The molecule has 0 fully saturated rings. The molecule has 1 aliphatic carbocycles. The number of methoxy groups -OCH3 is 1. The Balaban J connectivity index is 2.46. The molecule has 1 aliphatic rings. The van der Waals surface area contributed by atoms with Crippen LogP contribution in [0, 0.1) is 0 Å². The molecule has 0 amide bonds. The number of hydrogen-bond donors (Lipinski definition) is 1. The largest absolute Gasteiger partial charge is 0.504 e. The van der Waals surface area contributed by atoms with Gasteiger partial charge in [-0.15, -0.1) is 0 Å². The van der Waals surface area contributed by atoms with E-state index in [0.29, 0.717) is 11.3 Å². The lowest BCUT2D eigenvalue weighted by molar-refractivity contribution is -0.121. The van der Waals surface area contributed by atoms with Gasteiger partial charge in [-0.25, -0.2) is 0 Å². The van der Waals surface area contributed by atoms with Crippen LogP contribution in [0.25, 0.3) is 0 Å². The van der Waals surface area contributed by atoms with Crippen molar-refractivity contribution in [2.45, 2.75) is 19.0 Å². The van der Waals surface area contributed by atoms with Crippen LogP contribution in [0.15, 0.2) is 29.5 Å². The number of rotatable bonds is 1. The number of ether oxygens (including phenoxy) is 1. The number of carbonyl (C=O) groups excluding carboxylic acids is 1. The molecule has 0 aliphatic heterocycles. The molecule has 3 nitrogen and oxygen atoms in total. The molecule has 0 atom stereocenters. The van der Waals surface area contributed by atoms with Crippen molar-refractivity contribution in [3.05, 3.63) is 40.7 Å². The molecule has 0 radical (unpaired) electrons. The Morgan fingerprint density at radius 3 is 2.58 bits per heavy atom. The van der Waals surface area contributed by atoms with Crippen molar-refractivity contribution in [3.63, 3.8) is 0 Å². The van der Waals surface area contributed by atoms with Crippen LogP contribution >= 0.6 is 0 Å². The van der Waals surface area contributed by atoms with E-state index in [-0.39, 0.29) is 18.4 Å². The topological polar surface area (TPSA) is 46.5 Å². The van der Waals surface area contributed by atoms with Crippen molar-refractivity contribution in [2.24, 2.45) is 0 Å². The Bertz CT molecular complexity index is 559. The molecular formula is C13H11F3O3. The van der Waals surface area contributed by atoms with E-state index in [1.54, 1.807) is 6.07 Å². The summed E-state index contributed by atoms with van der Waals surface area (Å²) in [6.45, 7) is 0. The molecule has 0 bridgehead atoms. The number of hydrogen-bond acceptors (Lipinski definition) is 3. The number of aryl methyl sites for hydroxylation is 1. The van der Waals surface area contributed by atoms with Gasteiger partial charge in [0.05, 0.1) is 7.11 Å². The summed E-state index contributed by atoms with van der Waals surface area (Å²) in [5, 5.41) is 9.12. The number of carbonyl (C=O) groups is 1. The van der Waals surface area contributed by atoms with Crippen LogP contribution in [0.5, 0.6) is 5.75 Å². The Kier molecular flexibility index (Phi) is 3.26. The van der Waals surface area contributed by atoms with Crippen molar-refractivity contribution in [2.75, 3.05) is 7.11 Å². The van der Waals surface area contributed by atoms with E-state index in [1.165, 1.54) is 19.2 Å². The highest BCUT2D eigenvalue weighted by molar-refractivity contribution is 6.11. The molecule has 6 heteroatoms. The molecular weight excluding hydrogens is 261 g/mol. The minimum Gasteiger partial charge on any atom is -0.504 e. The first kappa shape index (κ1) is 13.5. The third-order valence-corrected chi connectivity index (χ3v) is 3.03. The molecule has 0 aromatic heterocycles. The summed E-state index contributed by atoms with van der Waals surface area (Å²) in [6.07, 6.45) is -4.77. The predicted molar refractivity (Wildman–Crippen MR) is 61.4 cm³/mol. The number of ketones is 1. The summed E-state index contributed by atoms with van der Waals surface area (Å²) in [7, 11) is 1.47. The van der Waals surface area contributed by atoms with Crippen molar-refractivity contribution in [1.29, 1.82) is 0 Å². The number of halogens is 3. The third-order valence-electron chi connectivity index (χ3n) is 3.03. The van der Waals surface area contributed by atoms with Crippen LogP contribution in [0.3, 0.4) is 0 Å². The van der Waals surface area contributed by atoms with Gasteiger partial charge in [-0.05, 0) is 36.6 Å². The van der Waals surface area contributed by atoms with Crippen LogP contribution in [-0.2, 0) is 6.42 Å². The number of alkyl halides is 3. The minimum atomic E-state index is -4.89. The molecule has 2 rings (SSSR count). The van der Waals surface area contributed by atoms with Crippen molar-refractivity contribution < 1.29 is 27.8 Å². The van der Waals surface area contributed by atoms with Crippen LogP contribution in [0.2, 0.25) is 0 Å². The summed E-state index contributed by atoms with van der Waals surface area (Å²) in [5.74, 6) is -2.03. The number of allylic oxidation sites excluding steroid dienone is 2. The Hall–Kier alpha value is -1.98. The Morgan fingerprint density at radius 2 is 2.00 bits per heavy atom. The third kappa shape index (κ3) is 2.43. The maximum atomic E-state index is 12.4.